The number of nitrogens with zero attached hydrogens (tertiary/aromatic N) is 1. The third kappa shape index (κ3) is 1.65. The van der Waals surface area contributed by atoms with Crippen molar-refractivity contribution in [3.8, 4) is 0 Å². The molecule has 0 aliphatic carbocycles. The van der Waals surface area contributed by atoms with Crippen LogP contribution in [-0.4, -0.2) is 4.98 Å². The topological polar surface area (TPSA) is 37.0 Å². The smallest absolute Gasteiger partial charge is 0.142 e. The highest BCUT2D eigenvalue weighted by Crippen LogP contribution is 1.95. The quantitative estimate of drug-likeness (QED) is 0.457. The molecule has 1 heterocycles. The van der Waals surface area contributed by atoms with E-state index in [0.29, 0.717) is 5.82 Å². The molecule has 0 radical (unpaired) electrons. The van der Waals surface area contributed by atoms with E-state index in [1.165, 1.54) is 5.65 Å². The summed E-state index contributed by atoms with van der Waals surface area (Å²) in [5, 5.41) is 0. The molecule has 0 amide bonds. The number of rotatable bonds is 2. The van der Waals surface area contributed by atoms with Crippen LogP contribution < -0.4 is 11.1 Å². The molecule has 0 aliphatic rings. The van der Waals surface area contributed by atoms with Gasteiger partial charge in [-0.05, 0) is 12.1 Å². The van der Waals surface area contributed by atoms with Crippen LogP contribution in [0.5, 0.6) is 0 Å². The van der Waals surface area contributed by atoms with Gasteiger partial charge in [-0.25, -0.2) is 4.98 Å². The van der Waals surface area contributed by atoms with Gasteiger partial charge in [0.25, 0.3) is 0 Å². The summed E-state index contributed by atoms with van der Waals surface area (Å²) >= 11 is 0. The number of halogens is 1. The molecule has 2 N–H and O–H groups in total. The summed E-state index contributed by atoms with van der Waals surface area (Å²) in [6.45, 7) is 0. The largest absolute Gasteiger partial charge is 0.278 e. The first-order valence-electron chi connectivity index (χ1n) is 2.46. The summed E-state index contributed by atoms with van der Waals surface area (Å²) in [7, 11) is 0. The highest BCUT2D eigenvalue weighted by Gasteiger charge is 1.84. The number of aromatic nitrogens is 1. The molecule has 9 heavy (non-hydrogen) atoms. The molecule has 0 saturated carbocycles. The first-order valence-corrected chi connectivity index (χ1v) is 2.46. The average Bonchev–Trinajstić information content (AvgIpc) is 1.91. The van der Waals surface area contributed by atoms with Crippen molar-refractivity contribution in [1.82, 2.24) is 10.6 Å². The second-order valence-electron chi connectivity index (χ2n) is 1.43. The Morgan fingerprint density at radius 3 is 2.89 bits per heavy atom. The van der Waals surface area contributed by atoms with Gasteiger partial charge in [0.2, 0.25) is 0 Å². The zero-order valence-corrected chi connectivity index (χ0v) is 4.63. The van der Waals surface area contributed by atoms with Crippen molar-refractivity contribution in [2.45, 2.75) is 0 Å². The van der Waals surface area contributed by atoms with E-state index in [2.05, 4.69) is 10.4 Å². The summed E-state index contributed by atoms with van der Waals surface area (Å²) in [5.74, 6) is 0.458. The van der Waals surface area contributed by atoms with E-state index >= 15 is 0 Å². The maximum atomic E-state index is 11.3. The molecule has 1 aromatic rings. The first kappa shape index (κ1) is 5.97. The van der Waals surface area contributed by atoms with Gasteiger partial charge in [-0.2, -0.15) is 0 Å². The van der Waals surface area contributed by atoms with Crippen molar-refractivity contribution in [3.63, 3.8) is 0 Å². The molecule has 3 nitrogen and oxygen atoms in total. The van der Waals surface area contributed by atoms with Crippen LogP contribution in [0, 0.1) is 0 Å². The summed E-state index contributed by atoms with van der Waals surface area (Å²) < 4.78 is 11.3. The van der Waals surface area contributed by atoms with E-state index in [4.69, 9.17) is 0 Å². The van der Waals surface area contributed by atoms with Crippen molar-refractivity contribution in [3.05, 3.63) is 24.4 Å². The fraction of sp³-hybridized carbons (Fsp3) is 0. The number of anilines is 1. The van der Waals surface area contributed by atoms with Crippen molar-refractivity contribution in [2.24, 2.45) is 0 Å². The number of hydrazine groups is 1. The average molecular weight is 127 g/mol. The third-order valence-electron chi connectivity index (χ3n) is 0.840. The number of hydrogen-bond donors (Lipinski definition) is 2. The standard InChI is InChI=1S/C5H6FN3/c6-9-8-5-3-1-2-4-7-5/h1-4,9H,(H,7,8). The fourth-order valence-electron chi connectivity index (χ4n) is 0.485. The second kappa shape index (κ2) is 2.99. The normalized spacial score (nSPS) is 9.00. The number of nitrogens with one attached hydrogen (secondary N) is 2. The summed E-state index contributed by atoms with van der Waals surface area (Å²) in [6.07, 6.45) is 1.57. The number of pyridine rings is 1. The Morgan fingerprint density at radius 2 is 2.33 bits per heavy atom. The Labute approximate surface area is 51.8 Å². The van der Waals surface area contributed by atoms with Crippen LogP contribution in [0.2, 0.25) is 0 Å². The van der Waals surface area contributed by atoms with E-state index in [9.17, 15) is 4.48 Å². The molecule has 0 saturated heterocycles. The minimum absolute atomic E-state index is 0.458. The Morgan fingerprint density at radius 1 is 1.44 bits per heavy atom. The zero-order chi connectivity index (χ0) is 6.53. The SMILES string of the molecule is FNNc1ccccn1. The van der Waals surface area contributed by atoms with Gasteiger partial charge in [-0.15, -0.1) is 4.48 Å². The number of hydrogen-bond acceptors (Lipinski definition) is 3. The van der Waals surface area contributed by atoms with E-state index in [1.54, 1.807) is 24.4 Å². The van der Waals surface area contributed by atoms with Gasteiger partial charge in [0.05, 0.1) is 0 Å². The minimum Gasteiger partial charge on any atom is -0.278 e. The Kier molecular flexibility index (Phi) is 1.98. The van der Waals surface area contributed by atoms with E-state index in [0.717, 1.165) is 0 Å². The van der Waals surface area contributed by atoms with Crippen LogP contribution in [0.15, 0.2) is 24.4 Å². The van der Waals surface area contributed by atoms with Crippen LogP contribution in [0.3, 0.4) is 0 Å². The summed E-state index contributed by atoms with van der Waals surface area (Å²) in [4.78, 5) is 3.75. The second-order valence-corrected chi connectivity index (χ2v) is 1.43. The molecule has 48 valence electrons. The molecular weight excluding hydrogens is 121 g/mol. The van der Waals surface area contributed by atoms with E-state index in [1.807, 2.05) is 0 Å². The van der Waals surface area contributed by atoms with Gasteiger partial charge in [0.15, 0.2) is 0 Å². The lowest BCUT2D eigenvalue weighted by Gasteiger charge is -1.96. The van der Waals surface area contributed by atoms with Gasteiger partial charge in [-0.1, -0.05) is 11.7 Å². The van der Waals surface area contributed by atoms with Crippen LogP contribution in [0.4, 0.5) is 10.3 Å². The molecule has 0 bridgehead atoms. The Hall–Kier alpha value is -1.16. The third-order valence-corrected chi connectivity index (χ3v) is 0.840. The molecule has 0 unspecified atom stereocenters. The van der Waals surface area contributed by atoms with Crippen molar-refractivity contribution < 1.29 is 4.48 Å². The van der Waals surface area contributed by atoms with Crippen LogP contribution in [0.25, 0.3) is 0 Å². The molecule has 0 spiro atoms. The monoisotopic (exact) mass is 127 g/mol. The predicted molar refractivity (Wildman–Crippen MR) is 32.1 cm³/mol. The molecule has 0 fully saturated rings. The highest BCUT2D eigenvalue weighted by molar-refractivity contribution is 5.30. The van der Waals surface area contributed by atoms with Crippen LogP contribution >= 0.6 is 0 Å². The Bertz CT molecular complexity index is 165. The molecule has 4 heteroatoms. The summed E-state index contributed by atoms with van der Waals surface area (Å²) in [6, 6.07) is 5.16. The van der Waals surface area contributed by atoms with Crippen molar-refractivity contribution in [2.75, 3.05) is 5.43 Å². The van der Waals surface area contributed by atoms with Gasteiger partial charge in [-0.3, -0.25) is 5.43 Å². The minimum atomic E-state index is 0.458. The van der Waals surface area contributed by atoms with Gasteiger partial charge in [0, 0.05) is 6.20 Å². The lowest BCUT2D eigenvalue weighted by atomic mass is 10.5. The zero-order valence-electron chi connectivity index (χ0n) is 4.63. The molecule has 1 rings (SSSR count). The lowest BCUT2D eigenvalue weighted by molar-refractivity contribution is 0.375. The fourth-order valence-corrected chi connectivity index (χ4v) is 0.485. The molecule has 0 aliphatic heterocycles. The molecular formula is C5H6FN3. The maximum Gasteiger partial charge on any atom is 0.142 e. The highest BCUT2D eigenvalue weighted by atomic mass is 19.2. The van der Waals surface area contributed by atoms with Crippen molar-refractivity contribution >= 4 is 5.82 Å². The molecule has 0 aromatic carbocycles. The van der Waals surface area contributed by atoms with Crippen LogP contribution in [0.1, 0.15) is 0 Å². The van der Waals surface area contributed by atoms with Gasteiger partial charge >= 0.3 is 0 Å². The lowest BCUT2D eigenvalue weighted by Crippen LogP contribution is -2.10. The first-order chi connectivity index (χ1) is 4.43. The molecule has 1 aromatic heterocycles. The maximum absolute atomic E-state index is 11.3. The van der Waals surface area contributed by atoms with Gasteiger partial charge < -0.3 is 0 Å². The summed E-state index contributed by atoms with van der Waals surface area (Å²) in [5.41, 5.74) is 3.45. The van der Waals surface area contributed by atoms with Crippen molar-refractivity contribution in [1.29, 1.82) is 0 Å². The predicted octanol–water partition coefficient (Wildman–Crippen LogP) is 0.883. The Balaban J connectivity index is 2.61. The van der Waals surface area contributed by atoms with Gasteiger partial charge in [0.1, 0.15) is 5.82 Å². The van der Waals surface area contributed by atoms with E-state index < -0.39 is 0 Å². The molecule has 0 atom stereocenters. The van der Waals surface area contributed by atoms with E-state index in [-0.39, 0.29) is 0 Å². The van der Waals surface area contributed by atoms with Crippen LogP contribution in [-0.2, 0) is 0 Å².